The number of likely N-dealkylation sites (tertiary alicyclic amines) is 2. The summed E-state index contributed by atoms with van der Waals surface area (Å²) in [6.07, 6.45) is -5.08. The highest BCUT2D eigenvalue weighted by atomic mass is 19.4. The molecular formula is C20H22F4N2O5. The number of urea groups is 1. The highest BCUT2D eigenvalue weighted by Crippen LogP contribution is 2.33. The van der Waals surface area contributed by atoms with Gasteiger partial charge < -0.3 is 24.4 Å². The van der Waals surface area contributed by atoms with Crippen molar-refractivity contribution >= 4 is 11.8 Å². The van der Waals surface area contributed by atoms with Crippen molar-refractivity contribution < 1.29 is 41.7 Å². The van der Waals surface area contributed by atoms with Crippen molar-refractivity contribution in [1.82, 2.24) is 9.80 Å². The van der Waals surface area contributed by atoms with E-state index in [1.165, 1.54) is 9.80 Å². The van der Waals surface area contributed by atoms with Crippen LogP contribution in [-0.4, -0.2) is 77.3 Å². The standard InChI is InChI=1S/C20H22F4N2O5/c21-16-5-13(20(22,23)24)2-1-12(16)9-30-15-7-26(8-15)18(28)25-4-3-17-19(29,11-25)6-14(27)10-31-17/h1-2,5,15,17,29H,3-4,6-11H2/t17-,19-/m0/s1. The Labute approximate surface area is 175 Å². The first kappa shape index (κ1) is 22.0. The second-order valence-electron chi connectivity index (χ2n) is 8.25. The zero-order chi connectivity index (χ0) is 22.4. The Morgan fingerprint density at radius 3 is 2.71 bits per heavy atom. The van der Waals surface area contributed by atoms with Crippen molar-refractivity contribution in [3.63, 3.8) is 0 Å². The normalized spacial score (nSPS) is 27.1. The molecule has 0 spiro atoms. The fraction of sp³-hybridized carbons (Fsp3) is 0.600. The molecule has 2 amide bonds. The summed E-state index contributed by atoms with van der Waals surface area (Å²) in [5, 5.41) is 10.7. The molecule has 4 rings (SSSR count). The number of carbonyl (C=O) groups is 2. The van der Waals surface area contributed by atoms with Gasteiger partial charge in [-0.25, -0.2) is 9.18 Å². The van der Waals surface area contributed by atoms with Gasteiger partial charge in [-0.1, -0.05) is 6.07 Å². The first-order valence-electron chi connectivity index (χ1n) is 9.92. The Hall–Kier alpha value is -2.24. The van der Waals surface area contributed by atoms with E-state index in [4.69, 9.17) is 9.47 Å². The third-order valence-corrected chi connectivity index (χ3v) is 5.92. The molecule has 0 saturated carbocycles. The predicted octanol–water partition coefficient (Wildman–Crippen LogP) is 1.96. The first-order valence-corrected chi connectivity index (χ1v) is 9.92. The molecule has 2 atom stereocenters. The molecule has 7 nitrogen and oxygen atoms in total. The molecule has 0 aliphatic carbocycles. The van der Waals surface area contributed by atoms with Gasteiger partial charge in [0, 0.05) is 18.5 Å². The highest BCUT2D eigenvalue weighted by Gasteiger charge is 2.49. The summed E-state index contributed by atoms with van der Waals surface area (Å²) in [4.78, 5) is 27.3. The van der Waals surface area contributed by atoms with E-state index in [0.717, 1.165) is 12.1 Å². The van der Waals surface area contributed by atoms with E-state index in [-0.39, 0.29) is 62.8 Å². The largest absolute Gasteiger partial charge is 0.416 e. The van der Waals surface area contributed by atoms with Crippen molar-refractivity contribution in [1.29, 1.82) is 0 Å². The summed E-state index contributed by atoms with van der Waals surface area (Å²) in [6, 6.07) is 1.97. The van der Waals surface area contributed by atoms with Crippen LogP contribution in [0, 0.1) is 5.82 Å². The summed E-state index contributed by atoms with van der Waals surface area (Å²) in [5.74, 6) is -1.21. The van der Waals surface area contributed by atoms with Gasteiger partial charge in [-0.05, 0) is 18.6 Å². The second-order valence-corrected chi connectivity index (χ2v) is 8.25. The van der Waals surface area contributed by atoms with Crippen LogP contribution in [0.5, 0.6) is 0 Å². The number of aliphatic hydroxyl groups is 1. The fourth-order valence-corrected chi connectivity index (χ4v) is 4.16. The van der Waals surface area contributed by atoms with E-state index in [0.29, 0.717) is 19.0 Å². The van der Waals surface area contributed by atoms with Crippen LogP contribution < -0.4 is 0 Å². The number of nitrogens with zero attached hydrogens (tertiary/aromatic N) is 2. The van der Waals surface area contributed by atoms with E-state index in [9.17, 15) is 32.3 Å². The number of amides is 2. The van der Waals surface area contributed by atoms with Crippen LogP contribution in [-0.2, 0) is 27.1 Å². The monoisotopic (exact) mass is 446 g/mol. The number of ketones is 1. The van der Waals surface area contributed by atoms with Crippen LogP contribution in [0.2, 0.25) is 0 Å². The third-order valence-electron chi connectivity index (χ3n) is 5.92. The number of β-amino-alcohol motifs (C(OH)–C–C–N with tert-alkyl or cyclic N) is 1. The molecule has 3 heterocycles. The van der Waals surface area contributed by atoms with Crippen LogP contribution in [0.3, 0.4) is 0 Å². The van der Waals surface area contributed by atoms with Crippen molar-refractivity contribution in [2.45, 2.75) is 43.4 Å². The molecule has 170 valence electrons. The SMILES string of the molecule is O=C1CO[C@H]2CCN(C(=O)N3CC(OCc4ccc(C(F)(F)F)cc4F)C3)C[C@@]2(O)C1. The minimum atomic E-state index is -4.62. The highest BCUT2D eigenvalue weighted by molar-refractivity contribution is 5.82. The zero-order valence-corrected chi connectivity index (χ0v) is 16.5. The van der Waals surface area contributed by atoms with Crippen LogP contribution in [0.1, 0.15) is 24.0 Å². The number of rotatable bonds is 3. The van der Waals surface area contributed by atoms with Gasteiger partial charge in [0.05, 0.1) is 44.0 Å². The van der Waals surface area contributed by atoms with Crippen LogP contribution >= 0.6 is 0 Å². The van der Waals surface area contributed by atoms with Crippen molar-refractivity contribution in [3.8, 4) is 0 Å². The Balaban J connectivity index is 1.26. The maximum Gasteiger partial charge on any atom is 0.416 e. The van der Waals surface area contributed by atoms with E-state index >= 15 is 0 Å². The number of benzene rings is 1. The molecule has 0 unspecified atom stereocenters. The smallest absolute Gasteiger partial charge is 0.385 e. The van der Waals surface area contributed by atoms with Gasteiger partial charge >= 0.3 is 12.2 Å². The van der Waals surface area contributed by atoms with E-state index in [2.05, 4.69) is 0 Å². The van der Waals surface area contributed by atoms with E-state index < -0.39 is 29.3 Å². The minimum Gasteiger partial charge on any atom is -0.385 e. The Morgan fingerprint density at radius 2 is 2.03 bits per heavy atom. The molecule has 0 aromatic heterocycles. The number of hydrogen-bond acceptors (Lipinski definition) is 5. The first-order chi connectivity index (χ1) is 14.5. The molecule has 31 heavy (non-hydrogen) atoms. The van der Waals surface area contributed by atoms with Gasteiger partial charge in [-0.15, -0.1) is 0 Å². The molecule has 1 N–H and O–H groups in total. The topological polar surface area (TPSA) is 79.3 Å². The number of halogens is 4. The number of alkyl halides is 3. The average Bonchev–Trinajstić information content (AvgIpc) is 2.65. The molecule has 1 aromatic rings. The number of piperidine rings is 1. The van der Waals surface area contributed by atoms with E-state index in [1.54, 1.807) is 0 Å². The lowest BCUT2D eigenvalue weighted by molar-refractivity contribution is -0.180. The maximum absolute atomic E-state index is 13.9. The van der Waals surface area contributed by atoms with Gasteiger partial charge in [0.1, 0.15) is 18.0 Å². The summed E-state index contributed by atoms with van der Waals surface area (Å²) in [6.45, 7) is 0.649. The van der Waals surface area contributed by atoms with Crippen molar-refractivity contribution in [3.05, 3.63) is 35.1 Å². The number of fused-ring (bicyclic) bond motifs is 1. The lowest BCUT2D eigenvalue weighted by Crippen LogP contribution is -2.66. The van der Waals surface area contributed by atoms with Crippen LogP contribution in [0.25, 0.3) is 0 Å². The Bertz CT molecular complexity index is 874. The predicted molar refractivity (Wildman–Crippen MR) is 97.5 cm³/mol. The molecule has 0 bridgehead atoms. The molecule has 3 aliphatic heterocycles. The molecule has 3 fully saturated rings. The molecule has 1 aromatic carbocycles. The zero-order valence-electron chi connectivity index (χ0n) is 16.5. The summed E-state index contributed by atoms with van der Waals surface area (Å²) in [7, 11) is 0. The molecule has 11 heteroatoms. The summed E-state index contributed by atoms with van der Waals surface area (Å²) >= 11 is 0. The number of carbonyl (C=O) groups excluding carboxylic acids is 2. The molecule has 0 radical (unpaired) electrons. The fourth-order valence-electron chi connectivity index (χ4n) is 4.16. The lowest BCUT2D eigenvalue weighted by atomic mass is 9.83. The third kappa shape index (κ3) is 4.53. The molecular weight excluding hydrogens is 424 g/mol. The lowest BCUT2D eigenvalue weighted by Gasteiger charge is -2.49. The van der Waals surface area contributed by atoms with Gasteiger partial charge in [-0.2, -0.15) is 13.2 Å². The number of ether oxygens (including phenoxy) is 2. The van der Waals surface area contributed by atoms with Gasteiger partial charge in [0.2, 0.25) is 0 Å². The van der Waals surface area contributed by atoms with Crippen LogP contribution in [0.4, 0.5) is 22.4 Å². The van der Waals surface area contributed by atoms with Crippen molar-refractivity contribution in [2.24, 2.45) is 0 Å². The van der Waals surface area contributed by atoms with E-state index in [1.807, 2.05) is 0 Å². The Morgan fingerprint density at radius 1 is 1.29 bits per heavy atom. The van der Waals surface area contributed by atoms with Gasteiger partial charge in [0.25, 0.3) is 0 Å². The van der Waals surface area contributed by atoms with Crippen molar-refractivity contribution in [2.75, 3.05) is 32.8 Å². The quantitative estimate of drug-likeness (QED) is 0.719. The Kier molecular flexibility index (Phi) is 5.69. The second kappa shape index (κ2) is 8.03. The minimum absolute atomic E-state index is 0.00102. The summed E-state index contributed by atoms with van der Waals surface area (Å²) in [5.41, 5.74) is -2.45. The van der Waals surface area contributed by atoms with Gasteiger partial charge in [0.15, 0.2) is 5.78 Å². The number of hydrogen-bond donors (Lipinski definition) is 1. The summed E-state index contributed by atoms with van der Waals surface area (Å²) < 4.78 is 62.6. The molecule has 3 saturated heterocycles. The van der Waals surface area contributed by atoms with Crippen LogP contribution in [0.15, 0.2) is 18.2 Å². The van der Waals surface area contributed by atoms with Gasteiger partial charge in [-0.3, -0.25) is 4.79 Å². The number of Topliss-reactive ketones (excluding diaryl/α,β-unsaturated/α-hetero) is 1. The maximum atomic E-state index is 13.9. The molecule has 3 aliphatic rings. The average molecular weight is 446 g/mol.